The average Bonchev–Trinajstić information content (AvgIpc) is 2.91. The summed E-state index contributed by atoms with van der Waals surface area (Å²) in [6.07, 6.45) is 1.39. The van der Waals surface area contributed by atoms with Crippen LogP contribution in [0.25, 0.3) is 0 Å². The molecule has 2 rings (SSSR count). The van der Waals surface area contributed by atoms with Crippen LogP contribution in [0, 0.1) is 0 Å². The first kappa shape index (κ1) is 14.6. The van der Waals surface area contributed by atoms with Gasteiger partial charge in [-0.15, -0.1) is 0 Å². The number of carbonyl (C=O) groups excluding carboxylic acids is 1. The van der Waals surface area contributed by atoms with Crippen molar-refractivity contribution in [3.8, 4) is 0 Å². The average molecular weight is 312 g/mol. The third kappa shape index (κ3) is 3.38. The maximum atomic E-state index is 11.8. The minimum absolute atomic E-state index is 0.0310. The maximum absolute atomic E-state index is 11.8. The van der Waals surface area contributed by atoms with Gasteiger partial charge >= 0.3 is 0 Å². The third-order valence-corrected chi connectivity index (χ3v) is 4.06. The van der Waals surface area contributed by atoms with Gasteiger partial charge in [0.15, 0.2) is 5.69 Å². The quantitative estimate of drug-likeness (QED) is 0.861. The molecule has 1 heterocycles. The highest BCUT2D eigenvalue weighted by Gasteiger charge is 2.14. The SMILES string of the molecule is CC(NC(=O)c1cnsn1)c1ccc(S(N)(=O)=O)cc1. The van der Waals surface area contributed by atoms with Crippen molar-refractivity contribution in [3.63, 3.8) is 0 Å². The van der Waals surface area contributed by atoms with Gasteiger partial charge in [0.2, 0.25) is 10.0 Å². The van der Waals surface area contributed by atoms with Crippen molar-refractivity contribution in [2.45, 2.75) is 17.9 Å². The Hall–Kier alpha value is -1.84. The Kier molecular flexibility index (Phi) is 4.12. The molecule has 2 aromatic rings. The van der Waals surface area contributed by atoms with Gasteiger partial charge in [-0.25, -0.2) is 13.6 Å². The summed E-state index contributed by atoms with van der Waals surface area (Å²) in [6.45, 7) is 1.78. The second-order valence-electron chi connectivity index (χ2n) is 4.10. The first-order valence-corrected chi connectivity index (χ1v) is 7.87. The largest absolute Gasteiger partial charge is 0.344 e. The predicted octanol–water partition coefficient (Wildman–Crippen LogP) is 0.677. The number of nitrogens with zero attached hydrogens (tertiary/aromatic N) is 2. The summed E-state index contributed by atoms with van der Waals surface area (Å²) in [6, 6.07) is 5.71. The predicted molar refractivity (Wildman–Crippen MR) is 73.6 cm³/mol. The van der Waals surface area contributed by atoms with E-state index in [-0.39, 0.29) is 22.5 Å². The monoisotopic (exact) mass is 312 g/mol. The lowest BCUT2D eigenvalue weighted by Crippen LogP contribution is -2.26. The van der Waals surface area contributed by atoms with Crippen LogP contribution in [0.2, 0.25) is 0 Å². The Bertz CT molecular complexity index is 696. The third-order valence-electron chi connectivity index (χ3n) is 2.65. The summed E-state index contributed by atoms with van der Waals surface area (Å²) in [5, 5.41) is 7.76. The van der Waals surface area contributed by atoms with Gasteiger partial charge in [0.1, 0.15) is 0 Å². The van der Waals surface area contributed by atoms with Crippen LogP contribution in [0.1, 0.15) is 29.0 Å². The van der Waals surface area contributed by atoms with Crippen LogP contribution in [-0.2, 0) is 10.0 Å². The van der Waals surface area contributed by atoms with Crippen LogP contribution in [0.4, 0.5) is 0 Å². The Labute approximate surface area is 120 Å². The van der Waals surface area contributed by atoms with Crippen molar-refractivity contribution in [2.75, 3.05) is 0 Å². The second-order valence-corrected chi connectivity index (χ2v) is 6.22. The number of nitrogens with one attached hydrogen (secondary N) is 1. The molecule has 0 saturated heterocycles. The van der Waals surface area contributed by atoms with Gasteiger partial charge in [-0.1, -0.05) is 12.1 Å². The van der Waals surface area contributed by atoms with E-state index < -0.39 is 10.0 Å². The zero-order valence-electron chi connectivity index (χ0n) is 10.5. The zero-order chi connectivity index (χ0) is 14.8. The molecule has 0 aliphatic carbocycles. The molecule has 0 aliphatic heterocycles. The molecule has 3 N–H and O–H groups in total. The summed E-state index contributed by atoms with van der Waals surface area (Å²) in [5.74, 6) is -0.332. The van der Waals surface area contributed by atoms with E-state index in [0.29, 0.717) is 0 Å². The molecule has 0 radical (unpaired) electrons. The smallest absolute Gasteiger partial charge is 0.273 e. The van der Waals surface area contributed by atoms with E-state index >= 15 is 0 Å². The van der Waals surface area contributed by atoms with Crippen LogP contribution in [0.15, 0.2) is 35.4 Å². The first-order chi connectivity index (χ1) is 9.38. The zero-order valence-corrected chi connectivity index (χ0v) is 12.1. The Morgan fingerprint density at radius 2 is 2.00 bits per heavy atom. The van der Waals surface area contributed by atoms with Crippen molar-refractivity contribution in [1.82, 2.24) is 14.1 Å². The highest BCUT2D eigenvalue weighted by atomic mass is 32.2. The maximum Gasteiger partial charge on any atom is 0.273 e. The van der Waals surface area contributed by atoms with Crippen molar-refractivity contribution in [3.05, 3.63) is 41.7 Å². The van der Waals surface area contributed by atoms with E-state index in [1.807, 2.05) is 0 Å². The molecule has 7 nitrogen and oxygen atoms in total. The Balaban J connectivity index is 2.10. The van der Waals surface area contributed by atoms with Gasteiger partial charge < -0.3 is 5.32 Å². The van der Waals surface area contributed by atoms with Crippen LogP contribution in [-0.4, -0.2) is 23.1 Å². The van der Waals surface area contributed by atoms with Crippen LogP contribution >= 0.6 is 11.7 Å². The van der Waals surface area contributed by atoms with E-state index in [9.17, 15) is 13.2 Å². The van der Waals surface area contributed by atoms with E-state index in [0.717, 1.165) is 17.3 Å². The molecule has 1 aromatic heterocycles. The van der Waals surface area contributed by atoms with Crippen LogP contribution in [0.5, 0.6) is 0 Å². The highest BCUT2D eigenvalue weighted by molar-refractivity contribution is 7.89. The molecule has 0 saturated carbocycles. The minimum atomic E-state index is -3.71. The number of nitrogens with two attached hydrogens (primary N) is 1. The molecule has 106 valence electrons. The number of benzene rings is 1. The summed E-state index contributed by atoms with van der Waals surface area (Å²) < 4.78 is 29.9. The summed E-state index contributed by atoms with van der Waals surface area (Å²) in [5.41, 5.74) is 1.01. The van der Waals surface area contributed by atoms with Crippen molar-refractivity contribution in [2.24, 2.45) is 5.14 Å². The fourth-order valence-corrected chi connectivity index (χ4v) is 2.49. The molecule has 0 bridgehead atoms. The number of amides is 1. The van der Waals surface area contributed by atoms with E-state index in [4.69, 9.17) is 5.14 Å². The lowest BCUT2D eigenvalue weighted by molar-refractivity contribution is 0.0935. The van der Waals surface area contributed by atoms with Crippen molar-refractivity contribution >= 4 is 27.7 Å². The number of aromatic nitrogens is 2. The summed E-state index contributed by atoms with van der Waals surface area (Å²) >= 11 is 0.954. The molecule has 1 unspecified atom stereocenters. The van der Waals surface area contributed by atoms with Crippen molar-refractivity contribution in [1.29, 1.82) is 0 Å². The molecule has 1 amide bonds. The number of rotatable bonds is 4. The highest BCUT2D eigenvalue weighted by Crippen LogP contribution is 2.15. The molecule has 0 aliphatic rings. The molecule has 0 spiro atoms. The molecular weight excluding hydrogens is 300 g/mol. The van der Waals surface area contributed by atoms with Crippen molar-refractivity contribution < 1.29 is 13.2 Å². The fourth-order valence-electron chi connectivity index (χ4n) is 1.56. The number of primary sulfonamides is 1. The van der Waals surface area contributed by atoms with Gasteiger partial charge in [0.05, 0.1) is 28.9 Å². The van der Waals surface area contributed by atoms with Gasteiger partial charge in [-0.2, -0.15) is 8.75 Å². The van der Waals surface area contributed by atoms with E-state index in [1.165, 1.54) is 18.3 Å². The first-order valence-electron chi connectivity index (χ1n) is 5.59. The standard InChI is InChI=1S/C11H12N4O3S2/c1-7(14-11(16)10-6-13-19-15-10)8-2-4-9(5-3-8)20(12,17)18/h2-7H,1H3,(H,14,16)(H2,12,17,18). The Morgan fingerprint density at radius 1 is 1.35 bits per heavy atom. The van der Waals surface area contributed by atoms with Crippen LogP contribution < -0.4 is 10.5 Å². The van der Waals surface area contributed by atoms with E-state index in [1.54, 1.807) is 19.1 Å². The molecular formula is C11H12N4O3S2. The number of sulfonamides is 1. The lowest BCUT2D eigenvalue weighted by Gasteiger charge is -2.13. The van der Waals surface area contributed by atoms with Gasteiger partial charge in [-0.05, 0) is 24.6 Å². The lowest BCUT2D eigenvalue weighted by atomic mass is 10.1. The second kappa shape index (κ2) is 5.65. The molecule has 1 atom stereocenters. The number of carbonyl (C=O) groups is 1. The van der Waals surface area contributed by atoms with Gasteiger partial charge in [0.25, 0.3) is 5.91 Å². The Morgan fingerprint density at radius 3 is 2.50 bits per heavy atom. The number of hydrogen-bond donors (Lipinski definition) is 2. The van der Waals surface area contributed by atoms with E-state index in [2.05, 4.69) is 14.1 Å². The normalized spacial score (nSPS) is 12.9. The van der Waals surface area contributed by atoms with Gasteiger partial charge in [-0.3, -0.25) is 4.79 Å². The summed E-state index contributed by atoms with van der Waals surface area (Å²) in [7, 11) is -3.71. The molecule has 1 aromatic carbocycles. The molecule has 20 heavy (non-hydrogen) atoms. The fraction of sp³-hybridized carbons (Fsp3) is 0.182. The summed E-state index contributed by atoms with van der Waals surface area (Å²) in [4.78, 5) is 11.8. The molecule has 9 heteroatoms. The topological polar surface area (TPSA) is 115 Å². The molecule has 0 fully saturated rings. The van der Waals surface area contributed by atoms with Gasteiger partial charge in [0, 0.05) is 0 Å². The van der Waals surface area contributed by atoms with Crippen LogP contribution in [0.3, 0.4) is 0 Å². The number of hydrogen-bond acceptors (Lipinski definition) is 6. The minimum Gasteiger partial charge on any atom is -0.344 e.